The van der Waals surface area contributed by atoms with Crippen LogP contribution < -0.4 is 45.3 Å². The summed E-state index contributed by atoms with van der Waals surface area (Å²) < 4.78 is 5.22. The summed E-state index contributed by atoms with van der Waals surface area (Å²) in [5, 5.41) is 2.46. The Morgan fingerprint density at radius 1 is 1.50 bits per heavy atom. The van der Waals surface area contributed by atoms with Gasteiger partial charge in [-0.25, -0.2) is 4.79 Å². The van der Waals surface area contributed by atoms with Gasteiger partial charge in [-0.3, -0.25) is 0 Å². The van der Waals surface area contributed by atoms with E-state index in [1.165, 1.54) is 0 Å². The first kappa shape index (κ1) is 13.3. The van der Waals surface area contributed by atoms with Crippen LogP contribution in [0.15, 0.2) is 24.3 Å². The molecular weight excluding hydrogens is 191 g/mol. The molecule has 72 valence electrons. The Labute approximate surface area is 107 Å². The second-order valence-electron chi connectivity index (χ2n) is 2.45. The molecule has 0 fully saturated rings. The first-order valence-electron chi connectivity index (χ1n) is 4.01. The number of nitrogens with one attached hydrogen (secondary N) is 1. The number of nitrogens with two attached hydrogens (primary N) is 1. The van der Waals surface area contributed by atoms with Gasteiger partial charge in [0.1, 0.15) is 5.75 Å². The van der Waals surface area contributed by atoms with Crippen molar-refractivity contribution in [3.63, 3.8) is 0 Å². The topological polar surface area (TPSA) is 64.3 Å². The van der Waals surface area contributed by atoms with E-state index in [-0.39, 0.29) is 31.0 Å². The van der Waals surface area contributed by atoms with Crippen LogP contribution in [0.3, 0.4) is 0 Å². The van der Waals surface area contributed by atoms with E-state index in [4.69, 9.17) is 10.5 Å². The minimum absolute atomic E-state index is 0. The molecule has 0 saturated heterocycles. The number of carbonyl (C=O) groups excluding carboxylic acids is 1. The van der Waals surface area contributed by atoms with Crippen molar-refractivity contribution in [1.29, 1.82) is 0 Å². The maximum Gasteiger partial charge on any atom is 1.00 e. The zero-order valence-corrected chi connectivity index (χ0v) is 10.4. The fourth-order valence-electron chi connectivity index (χ4n) is 0.943. The van der Waals surface area contributed by atoms with E-state index in [1.807, 2.05) is 6.92 Å². The van der Waals surface area contributed by atoms with E-state index in [1.54, 1.807) is 24.3 Å². The molecule has 0 spiro atoms. The maximum atomic E-state index is 10.5. The molecule has 0 saturated carbocycles. The number of hydrogen-bond acceptors (Lipinski definition) is 2. The Morgan fingerprint density at radius 2 is 2.07 bits per heavy atom. The van der Waals surface area contributed by atoms with Crippen LogP contribution in [0.25, 0.3) is 0 Å². The Kier molecular flexibility index (Phi) is 6.36. The minimum atomic E-state index is -0.566. The fourth-order valence-corrected chi connectivity index (χ4v) is 0.943. The van der Waals surface area contributed by atoms with Gasteiger partial charge < -0.3 is 17.2 Å². The van der Waals surface area contributed by atoms with Crippen LogP contribution in [0, 0.1) is 0 Å². The van der Waals surface area contributed by atoms with Crippen molar-refractivity contribution >= 4 is 11.7 Å². The monoisotopic (exact) mass is 204 g/mol. The molecule has 0 aliphatic rings. The van der Waals surface area contributed by atoms with Gasteiger partial charge >= 0.3 is 35.6 Å². The van der Waals surface area contributed by atoms with Crippen LogP contribution in [0.1, 0.15) is 8.35 Å². The standard InChI is InChI=1S/C9H12N2O2.Na.H/c1-2-13-8-5-3-7(4-6-8)11-9(10)12;;/h3-6H,2H2,1H3,(H3,10,11,12);;/q;+1;-1. The summed E-state index contributed by atoms with van der Waals surface area (Å²) in [6, 6.07) is 6.44. The molecule has 0 radical (unpaired) electrons. The number of amides is 2. The molecule has 0 aliphatic heterocycles. The maximum absolute atomic E-state index is 10.5. The van der Waals surface area contributed by atoms with Crippen molar-refractivity contribution in [2.75, 3.05) is 11.9 Å². The van der Waals surface area contributed by atoms with Crippen molar-refractivity contribution < 1.29 is 40.5 Å². The number of rotatable bonds is 3. The molecule has 0 bridgehead atoms. The molecule has 14 heavy (non-hydrogen) atoms. The third-order valence-corrected chi connectivity index (χ3v) is 1.43. The van der Waals surface area contributed by atoms with E-state index in [0.717, 1.165) is 5.75 Å². The molecular formula is C9H13N2NaO2. The molecule has 0 unspecified atom stereocenters. The Morgan fingerprint density at radius 3 is 2.50 bits per heavy atom. The van der Waals surface area contributed by atoms with Gasteiger partial charge in [0.05, 0.1) is 6.61 Å². The summed E-state index contributed by atoms with van der Waals surface area (Å²) in [6.45, 7) is 2.54. The predicted octanol–water partition coefficient (Wildman–Crippen LogP) is -1.31. The average molecular weight is 204 g/mol. The van der Waals surface area contributed by atoms with E-state index >= 15 is 0 Å². The van der Waals surface area contributed by atoms with Crippen LogP contribution in [0.5, 0.6) is 5.75 Å². The molecule has 1 aromatic carbocycles. The summed E-state index contributed by atoms with van der Waals surface area (Å²) in [7, 11) is 0. The number of hydrogen-bond donors (Lipinski definition) is 2. The molecule has 0 aromatic heterocycles. The minimum Gasteiger partial charge on any atom is -1.00 e. The van der Waals surface area contributed by atoms with Crippen molar-refractivity contribution in [3.05, 3.63) is 24.3 Å². The van der Waals surface area contributed by atoms with E-state index in [0.29, 0.717) is 12.3 Å². The second-order valence-corrected chi connectivity index (χ2v) is 2.45. The smallest absolute Gasteiger partial charge is 1.00 e. The van der Waals surface area contributed by atoms with Crippen LogP contribution in [0.2, 0.25) is 0 Å². The molecule has 2 amide bonds. The zero-order valence-electron chi connectivity index (χ0n) is 9.41. The quantitative estimate of drug-likeness (QED) is 0.601. The molecule has 4 nitrogen and oxygen atoms in total. The molecule has 3 N–H and O–H groups in total. The fraction of sp³-hybridized carbons (Fsp3) is 0.222. The molecule has 0 atom stereocenters. The number of urea groups is 1. The summed E-state index contributed by atoms with van der Waals surface area (Å²) in [5.74, 6) is 0.775. The van der Waals surface area contributed by atoms with Gasteiger partial charge in [-0.2, -0.15) is 0 Å². The van der Waals surface area contributed by atoms with Crippen LogP contribution in [0.4, 0.5) is 10.5 Å². The summed E-state index contributed by atoms with van der Waals surface area (Å²) >= 11 is 0. The summed E-state index contributed by atoms with van der Waals surface area (Å²) in [6.07, 6.45) is 0. The Bertz CT molecular complexity index is 293. The summed E-state index contributed by atoms with van der Waals surface area (Å²) in [4.78, 5) is 10.5. The largest absolute Gasteiger partial charge is 1.00 e. The number of anilines is 1. The van der Waals surface area contributed by atoms with Gasteiger partial charge in [0.25, 0.3) is 0 Å². The van der Waals surface area contributed by atoms with Crippen molar-refractivity contribution in [2.45, 2.75) is 6.92 Å². The van der Waals surface area contributed by atoms with E-state index in [9.17, 15) is 4.79 Å². The van der Waals surface area contributed by atoms with E-state index in [2.05, 4.69) is 5.32 Å². The molecule has 5 heteroatoms. The van der Waals surface area contributed by atoms with Crippen molar-refractivity contribution in [3.8, 4) is 5.75 Å². The molecule has 0 heterocycles. The van der Waals surface area contributed by atoms with Gasteiger partial charge in [0.2, 0.25) is 0 Å². The van der Waals surface area contributed by atoms with Crippen LogP contribution >= 0.6 is 0 Å². The van der Waals surface area contributed by atoms with E-state index < -0.39 is 6.03 Å². The normalized spacial score (nSPS) is 8.64. The first-order chi connectivity index (χ1) is 6.22. The zero-order chi connectivity index (χ0) is 9.68. The van der Waals surface area contributed by atoms with Crippen molar-refractivity contribution in [1.82, 2.24) is 0 Å². The van der Waals surface area contributed by atoms with Gasteiger partial charge in [-0.1, -0.05) is 0 Å². The van der Waals surface area contributed by atoms with Crippen LogP contribution in [-0.4, -0.2) is 12.6 Å². The number of carbonyl (C=O) groups is 1. The summed E-state index contributed by atoms with van der Waals surface area (Å²) in [5.41, 5.74) is 5.60. The molecule has 1 aromatic rings. The second kappa shape index (κ2) is 6.70. The molecule has 1 rings (SSSR count). The number of benzene rings is 1. The third-order valence-electron chi connectivity index (χ3n) is 1.43. The van der Waals surface area contributed by atoms with Gasteiger partial charge in [-0.05, 0) is 31.2 Å². The Hall–Kier alpha value is -0.710. The van der Waals surface area contributed by atoms with Crippen molar-refractivity contribution in [2.24, 2.45) is 5.73 Å². The number of primary amides is 1. The van der Waals surface area contributed by atoms with Crippen LogP contribution in [-0.2, 0) is 0 Å². The Balaban J connectivity index is 0. The van der Waals surface area contributed by atoms with Gasteiger partial charge in [-0.15, -0.1) is 0 Å². The van der Waals surface area contributed by atoms with Gasteiger partial charge in [0.15, 0.2) is 0 Å². The first-order valence-corrected chi connectivity index (χ1v) is 4.01. The number of ether oxygens (including phenoxy) is 1. The average Bonchev–Trinajstić information content (AvgIpc) is 2.08. The predicted molar refractivity (Wildman–Crippen MR) is 51.9 cm³/mol. The molecule has 0 aliphatic carbocycles. The third kappa shape index (κ3) is 4.50. The SMILES string of the molecule is CCOc1ccc(NC(N)=O)cc1.[H-].[Na+]. The van der Waals surface area contributed by atoms with Gasteiger partial charge in [0, 0.05) is 5.69 Å².